The van der Waals surface area contributed by atoms with Crippen LogP contribution in [0.5, 0.6) is 0 Å². The van der Waals surface area contributed by atoms with E-state index in [4.69, 9.17) is 10.1 Å². The number of rotatable bonds is 12. The topological polar surface area (TPSA) is 90.3 Å². The van der Waals surface area contributed by atoms with E-state index in [0.717, 1.165) is 54.1 Å². The summed E-state index contributed by atoms with van der Waals surface area (Å²) in [7, 11) is 0. The predicted octanol–water partition coefficient (Wildman–Crippen LogP) is 3.87. The van der Waals surface area contributed by atoms with Gasteiger partial charge in [0, 0.05) is 37.1 Å². The Morgan fingerprint density at radius 3 is 2.82 bits per heavy atom. The summed E-state index contributed by atoms with van der Waals surface area (Å²) in [5.74, 6) is 1.85. The van der Waals surface area contributed by atoms with Crippen molar-refractivity contribution in [3.05, 3.63) is 34.2 Å². The van der Waals surface area contributed by atoms with Gasteiger partial charge in [-0.3, -0.25) is 0 Å². The van der Waals surface area contributed by atoms with Crippen LogP contribution in [0.15, 0.2) is 23.0 Å². The summed E-state index contributed by atoms with van der Waals surface area (Å²) >= 11 is 1.66. The van der Waals surface area contributed by atoms with Gasteiger partial charge in [0.15, 0.2) is 0 Å². The van der Waals surface area contributed by atoms with Gasteiger partial charge in [0.25, 0.3) is 0 Å². The first-order chi connectivity index (χ1) is 13.6. The summed E-state index contributed by atoms with van der Waals surface area (Å²) in [5.41, 5.74) is 2.09. The quantitative estimate of drug-likeness (QED) is 0.392. The van der Waals surface area contributed by atoms with Crippen molar-refractivity contribution in [2.75, 3.05) is 30.4 Å². The zero-order valence-corrected chi connectivity index (χ0v) is 17.9. The molecule has 0 aliphatic heterocycles. The molecule has 6 nitrogen and oxygen atoms in total. The van der Waals surface area contributed by atoms with E-state index in [0.29, 0.717) is 30.9 Å². The summed E-state index contributed by atoms with van der Waals surface area (Å²) in [4.78, 5) is 10.5. The lowest BCUT2D eigenvalue weighted by Crippen LogP contribution is -2.20. The normalized spacial score (nSPS) is 19.3. The SMILES string of the molecule is C=C(CCc1c(C)nc(NCCCO)nc1NC1CC[C@@H](CO)C1)S/C=C\C. The second-order valence-corrected chi connectivity index (χ2v) is 8.38. The first kappa shape index (κ1) is 22.7. The molecule has 1 fully saturated rings. The fourth-order valence-electron chi connectivity index (χ4n) is 3.43. The van der Waals surface area contributed by atoms with Crippen LogP contribution < -0.4 is 10.6 Å². The van der Waals surface area contributed by atoms with Crippen LogP contribution in [0.2, 0.25) is 0 Å². The van der Waals surface area contributed by atoms with Crippen molar-refractivity contribution < 1.29 is 10.2 Å². The van der Waals surface area contributed by atoms with Crippen molar-refractivity contribution in [1.29, 1.82) is 0 Å². The number of anilines is 2. The van der Waals surface area contributed by atoms with Gasteiger partial charge in [-0.25, -0.2) is 4.98 Å². The third-order valence-electron chi connectivity index (χ3n) is 5.00. The Labute approximate surface area is 173 Å². The number of aliphatic hydroxyl groups is 2. The number of nitrogens with one attached hydrogen (secondary N) is 2. The summed E-state index contributed by atoms with van der Waals surface area (Å²) in [6, 6.07) is 0.330. The Morgan fingerprint density at radius 1 is 1.32 bits per heavy atom. The Balaban J connectivity index is 2.14. The molecule has 4 N–H and O–H groups in total. The Bertz CT molecular complexity index is 666. The molecule has 1 aliphatic rings. The van der Waals surface area contributed by atoms with E-state index in [2.05, 4.69) is 22.2 Å². The van der Waals surface area contributed by atoms with Crippen LogP contribution in [-0.2, 0) is 6.42 Å². The lowest BCUT2D eigenvalue weighted by molar-refractivity contribution is 0.229. The number of aliphatic hydroxyl groups excluding tert-OH is 2. The van der Waals surface area contributed by atoms with Gasteiger partial charge in [-0.05, 0) is 68.6 Å². The van der Waals surface area contributed by atoms with Crippen LogP contribution in [0.1, 0.15) is 50.3 Å². The highest BCUT2D eigenvalue weighted by Crippen LogP contribution is 2.30. The van der Waals surface area contributed by atoms with Crippen molar-refractivity contribution in [3.8, 4) is 0 Å². The van der Waals surface area contributed by atoms with E-state index in [1.165, 1.54) is 0 Å². The fraction of sp³-hybridized carbons (Fsp3) is 0.619. The van der Waals surface area contributed by atoms with Gasteiger partial charge in [-0.15, -0.1) is 11.8 Å². The zero-order valence-electron chi connectivity index (χ0n) is 17.1. The molecule has 156 valence electrons. The largest absolute Gasteiger partial charge is 0.396 e. The van der Waals surface area contributed by atoms with E-state index in [1.807, 2.05) is 25.3 Å². The van der Waals surface area contributed by atoms with Crippen molar-refractivity contribution in [1.82, 2.24) is 9.97 Å². The summed E-state index contributed by atoms with van der Waals surface area (Å²) in [6.45, 7) is 9.21. The third-order valence-corrected chi connectivity index (χ3v) is 5.94. The molecule has 1 aromatic heterocycles. The van der Waals surface area contributed by atoms with Crippen LogP contribution in [0.4, 0.5) is 11.8 Å². The van der Waals surface area contributed by atoms with E-state index in [-0.39, 0.29) is 13.2 Å². The molecule has 0 saturated heterocycles. The lowest BCUT2D eigenvalue weighted by Gasteiger charge is -2.19. The molecule has 1 aliphatic carbocycles. The molecular formula is C21H34N4O2S. The van der Waals surface area contributed by atoms with Gasteiger partial charge in [-0.1, -0.05) is 12.7 Å². The maximum Gasteiger partial charge on any atom is 0.224 e. The third kappa shape index (κ3) is 7.11. The highest BCUT2D eigenvalue weighted by atomic mass is 32.2. The van der Waals surface area contributed by atoms with Crippen LogP contribution in [-0.4, -0.2) is 46.0 Å². The predicted molar refractivity (Wildman–Crippen MR) is 119 cm³/mol. The molecule has 0 bridgehead atoms. The molecule has 0 radical (unpaired) electrons. The van der Waals surface area contributed by atoms with Crippen molar-refractivity contribution >= 4 is 23.5 Å². The average Bonchev–Trinajstić information content (AvgIpc) is 3.13. The van der Waals surface area contributed by atoms with E-state index in [9.17, 15) is 5.11 Å². The highest BCUT2D eigenvalue weighted by molar-refractivity contribution is 8.05. The first-order valence-electron chi connectivity index (χ1n) is 10.1. The fourth-order valence-corrected chi connectivity index (χ4v) is 3.97. The summed E-state index contributed by atoms with van der Waals surface area (Å²) < 4.78 is 0. The van der Waals surface area contributed by atoms with Gasteiger partial charge in [0.1, 0.15) is 5.82 Å². The standard InChI is InChI=1S/C21H34N4O2S/c1-4-12-28-15(2)6-9-19-16(3)23-21(22-10-5-11-26)25-20(19)24-18-8-7-17(13-18)14-27/h4,12,17-18,26-27H,2,5-11,13-14H2,1,3H3,(H2,22,23,24,25)/b12-4-/t17-,18?/m1/s1. The summed E-state index contributed by atoms with van der Waals surface area (Å²) in [6.07, 6.45) is 7.45. The number of nitrogens with zero attached hydrogens (tertiary/aromatic N) is 2. The Kier molecular flexibility index (Phi) is 9.81. The van der Waals surface area contributed by atoms with Crippen LogP contribution >= 0.6 is 11.8 Å². The number of allylic oxidation sites excluding steroid dienone is 2. The molecule has 2 atom stereocenters. The minimum absolute atomic E-state index is 0.145. The highest BCUT2D eigenvalue weighted by Gasteiger charge is 2.25. The molecule has 1 heterocycles. The second-order valence-electron chi connectivity index (χ2n) is 7.29. The van der Waals surface area contributed by atoms with E-state index < -0.39 is 0 Å². The Morgan fingerprint density at radius 2 is 2.14 bits per heavy atom. The van der Waals surface area contributed by atoms with Crippen LogP contribution in [0.3, 0.4) is 0 Å². The average molecular weight is 407 g/mol. The van der Waals surface area contributed by atoms with Crippen molar-refractivity contribution in [2.45, 2.75) is 58.4 Å². The number of hydrogen-bond donors (Lipinski definition) is 4. The van der Waals surface area contributed by atoms with Crippen LogP contribution in [0.25, 0.3) is 0 Å². The van der Waals surface area contributed by atoms with Gasteiger partial charge in [0.2, 0.25) is 5.95 Å². The molecule has 1 unspecified atom stereocenters. The number of hydrogen-bond acceptors (Lipinski definition) is 7. The van der Waals surface area contributed by atoms with E-state index in [1.54, 1.807) is 11.8 Å². The monoisotopic (exact) mass is 406 g/mol. The molecule has 2 rings (SSSR count). The minimum atomic E-state index is 0.145. The van der Waals surface area contributed by atoms with Gasteiger partial charge < -0.3 is 20.8 Å². The zero-order chi connectivity index (χ0) is 20.4. The maximum absolute atomic E-state index is 9.43. The molecule has 28 heavy (non-hydrogen) atoms. The molecule has 1 saturated carbocycles. The molecule has 7 heteroatoms. The molecular weight excluding hydrogens is 372 g/mol. The number of aromatic nitrogens is 2. The van der Waals surface area contributed by atoms with Crippen LogP contribution in [0, 0.1) is 12.8 Å². The maximum atomic E-state index is 9.43. The van der Waals surface area contributed by atoms with Crippen molar-refractivity contribution in [3.63, 3.8) is 0 Å². The minimum Gasteiger partial charge on any atom is -0.396 e. The van der Waals surface area contributed by atoms with Crippen molar-refractivity contribution in [2.24, 2.45) is 5.92 Å². The molecule has 1 aromatic rings. The summed E-state index contributed by atoms with van der Waals surface area (Å²) in [5, 5.41) is 27.3. The lowest BCUT2D eigenvalue weighted by atomic mass is 10.1. The molecule has 0 aromatic carbocycles. The van der Waals surface area contributed by atoms with E-state index >= 15 is 0 Å². The Hall–Kier alpha value is -1.57. The number of thioether (sulfide) groups is 1. The second kappa shape index (κ2) is 12.1. The molecule has 0 amide bonds. The van der Waals surface area contributed by atoms with Gasteiger partial charge in [-0.2, -0.15) is 4.98 Å². The van der Waals surface area contributed by atoms with Gasteiger partial charge >= 0.3 is 0 Å². The smallest absolute Gasteiger partial charge is 0.224 e. The first-order valence-corrected chi connectivity index (χ1v) is 11.0. The molecule has 0 spiro atoms. The van der Waals surface area contributed by atoms with Gasteiger partial charge in [0.05, 0.1) is 0 Å². The number of aryl methyl sites for hydroxylation is 1.